The highest BCUT2D eigenvalue weighted by Crippen LogP contribution is 2.09. The number of nitrogens with two attached hydrogens (primary N) is 1. The van der Waals surface area contributed by atoms with E-state index in [9.17, 15) is 0 Å². The van der Waals surface area contributed by atoms with E-state index in [1.165, 1.54) is 11.1 Å². The van der Waals surface area contributed by atoms with E-state index in [0.717, 1.165) is 11.8 Å². The summed E-state index contributed by atoms with van der Waals surface area (Å²) in [5, 5.41) is 0.916. The molecule has 66 valence electrons. The molecule has 1 atom stereocenters. The van der Waals surface area contributed by atoms with Gasteiger partial charge in [-0.15, -0.1) is 0 Å². The molecule has 0 aliphatic rings. The van der Waals surface area contributed by atoms with Crippen molar-refractivity contribution in [3.63, 3.8) is 0 Å². The number of rotatable bonds is 3. The summed E-state index contributed by atoms with van der Waals surface area (Å²) in [6.07, 6.45) is 0.959. The van der Waals surface area contributed by atoms with Gasteiger partial charge in [-0.05, 0) is 24.5 Å². The van der Waals surface area contributed by atoms with E-state index in [2.05, 4.69) is 40.2 Å². The number of halogens is 1. The second-order valence-electron chi connectivity index (χ2n) is 3.13. The standard InChI is InChI=1S/C10H14BrN/c1-8(12)5-9-3-2-4-10(6-9)7-11/h2-4,6,8H,5,7,12H2,1H3. The van der Waals surface area contributed by atoms with Crippen LogP contribution in [-0.4, -0.2) is 6.04 Å². The maximum absolute atomic E-state index is 5.70. The highest BCUT2D eigenvalue weighted by Gasteiger charge is 1.98. The summed E-state index contributed by atoms with van der Waals surface area (Å²) in [6.45, 7) is 2.03. The molecule has 0 fully saturated rings. The van der Waals surface area contributed by atoms with E-state index in [1.807, 2.05) is 6.92 Å². The van der Waals surface area contributed by atoms with E-state index in [-0.39, 0.29) is 6.04 Å². The number of benzene rings is 1. The quantitative estimate of drug-likeness (QED) is 0.790. The summed E-state index contributed by atoms with van der Waals surface area (Å²) in [5.41, 5.74) is 8.34. The molecule has 0 spiro atoms. The zero-order chi connectivity index (χ0) is 8.97. The summed E-state index contributed by atoms with van der Waals surface area (Å²) in [5.74, 6) is 0. The Balaban J connectivity index is 2.72. The first-order chi connectivity index (χ1) is 5.72. The van der Waals surface area contributed by atoms with E-state index < -0.39 is 0 Å². The zero-order valence-electron chi connectivity index (χ0n) is 7.26. The molecule has 0 heterocycles. The number of hydrogen-bond donors (Lipinski definition) is 1. The third kappa shape index (κ3) is 2.95. The van der Waals surface area contributed by atoms with Gasteiger partial charge >= 0.3 is 0 Å². The smallest absolute Gasteiger partial charge is 0.0283 e. The lowest BCUT2D eigenvalue weighted by Crippen LogP contribution is -2.17. The molecule has 0 aromatic heterocycles. The molecule has 1 aromatic carbocycles. The van der Waals surface area contributed by atoms with Crippen molar-refractivity contribution in [2.75, 3.05) is 0 Å². The van der Waals surface area contributed by atoms with Crippen LogP contribution < -0.4 is 5.73 Å². The highest BCUT2D eigenvalue weighted by molar-refractivity contribution is 9.08. The molecule has 12 heavy (non-hydrogen) atoms. The van der Waals surface area contributed by atoms with Gasteiger partial charge in [-0.25, -0.2) is 0 Å². The van der Waals surface area contributed by atoms with Gasteiger partial charge in [0.1, 0.15) is 0 Å². The first kappa shape index (κ1) is 9.75. The van der Waals surface area contributed by atoms with Crippen LogP contribution in [0.2, 0.25) is 0 Å². The van der Waals surface area contributed by atoms with Gasteiger partial charge in [0.2, 0.25) is 0 Å². The molecule has 0 saturated carbocycles. The minimum Gasteiger partial charge on any atom is -0.328 e. The molecule has 1 unspecified atom stereocenters. The second-order valence-corrected chi connectivity index (χ2v) is 3.70. The Morgan fingerprint density at radius 1 is 1.42 bits per heavy atom. The van der Waals surface area contributed by atoms with Crippen LogP contribution in [0, 0.1) is 0 Å². The number of alkyl halides is 1. The normalized spacial score (nSPS) is 12.9. The third-order valence-electron chi connectivity index (χ3n) is 1.70. The number of hydrogen-bond acceptors (Lipinski definition) is 1. The van der Waals surface area contributed by atoms with Crippen molar-refractivity contribution in [3.05, 3.63) is 35.4 Å². The molecule has 0 saturated heterocycles. The van der Waals surface area contributed by atoms with Gasteiger partial charge in [-0.1, -0.05) is 40.2 Å². The molecular formula is C10H14BrN. The van der Waals surface area contributed by atoms with Gasteiger partial charge in [-0.3, -0.25) is 0 Å². The topological polar surface area (TPSA) is 26.0 Å². The Hall–Kier alpha value is -0.340. The average Bonchev–Trinajstić information content (AvgIpc) is 2.03. The van der Waals surface area contributed by atoms with Gasteiger partial charge in [-0.2, -0.15) is 0 Å². The third-order valence-corrected chi connectivity index (χ3v) is 2.35. The fourth-order valence-corrected chi connectivity index (χ4v) is 1.56. The summed E-state index contributed by atoms with van der Waals surface area (Å²) in [7, 11) is 0. The van der Waals surface area contributed by atoms with Crippen LogP contribution in [0.4, 0.5) is 0 Å². The van der Waals surface area contributed by atoms with Crippen LogP contribution in [0.3, 0.4) is 0 Å². The molecule has 0 radical (unpaired) electrons. The minimum atomic E-state index is 0.246. The molecular weight excluding hydrogens is 214 g/mol. The molecule has 1 rings (SSSR count). The molecule has 1 aromatic rings. The molecule has 1 nitrogen and oxygen atoms in total. The van der Waals surface area contributed by atoms with E-state index >= 15 is 0 Å². The average molecular weight is 228 g/mol. The van der Waals surface area contributed by atoms with Crippen molar-refractivity contribution < 1.29 is 0 Å². The van der Waals surface area contributed by atoms with Gasteiger partial charge in [0.25, 0.3) is 0 Å². The van der Waals surface area contributed by atoms with Crippen LogP contribution in [-0.2, 0) is 11.8 Å². The largest absolute Gasteiger partial charge is 0.328 e. The van der Waals surface area contributed by atoms with E-state index in [0.29, 0.717) is 0 Å². The summed E-state index contributed by atoms with van der Waals surface area (Å²) in [6, 6.07) is 8.75. The van der Waals surface area contributed by atoms with Gasteiger partial charge in [0.05, 0.1) is 0 Å². The zero-order valence-corrected chi connectivity index (χ0v) is 8.84. The Kier molecular flexibility index (Phi) is 3.76. The molecule has 0 aliphatic heterocycles. The van der Waals surface area contributed by atoms with Crippen molar-refractivity contribution >= 4 is 15.9 Å². The van der Waals surface area contributed by atoms with Crippen molar-refractivity contribution in [1.82, 2.24) is 0 Å². The van der Waals surface area contributed by atoms with Gasteiger partial charge in [0, 0.05) is 11.4 Å². The maximum Gasteiger partial charge on any atom is 0.0283 e. The molecule has 2 N–H and O–H groups in total. The van der Waals surface area contributed by atoms with Crippen LogP contribution in [0.15, 0.2) is 24.3 Å². The lowest BCUT2D eigenvalue weighted by Gasteiger charge is -2.05. The lowest BCUT2D eigenvalue weighted by atomic mass is 10.1. The molecule has 0 amide bonds. The fraction of sp³-hybridized carbons (Fsp3) is 0.400. The second kappa shape index (κ2) is 4.63. The highest BCUT2D eigenvalue weighted by atomic mass is 79.9. The van der Waals surface area contributed by atoms with Crippen LogP contribution >= 0.6 is 15.9 Å². The van der Waals surface area contributed by atoms with E-state index in [1.54, 1.807) is 0 Å². The lowest BCUT2D eigenvalue weighted by molar-refractivity contribution is 0.737. The summed E-state index contributed by atoms with van der Waals surface area (Å²) >= 11 is 3.43. The van der Waals surface area contributed by atoms with Crippen molar-refractivity contribution in [3.8, 4) is 0 Å². The molecule has 0 bridgehead atoms. The predicted octanol–water partition coefficient (Wildman–Crippen LogP) is 2.47. The first-order valence-corrected chi connectivity index (χ1v) is 5.24. The summed E-state index contributed by atoms with van der Waals surface area (Å²) in [4.78, 5) is 0. The van der Waals surface area contributed by atoms with E-state index in [4.69, 9.17) is 5.73 Å². The predicted molar refractivity (Wildman–Crippen MR) is 56.4 cm³/mol. The molecule has 0 aliphatic carbocycles. The van der Waals surface area contributed by atoms with Crippen LogP contribution in [0.5, 0.6) is 0 Å². The summed E-state index contributed by atoms with van der Waals surface area (Å²) < 4.78 is 0. The Labute approximate surface area is 82.1 Å². The Morgan fingerprint density at radius 3 is 2.67 bits per heavy atom. The van der Waals surface area contributed by atoms with Crippen molar-refractivity contribution in [1.29, 1.82) is 0 Å². The van der Waals surface area contributed by atoms with Crippen LogP contribution in [0.1, 0.15) is 18.1 Å². The van der Waals surface area contributed by atoms with Crippen molar-refractivity contribution in [2.24, 2.45) is 5.73 Å². The first-order valence-electron chi connectivity index (χ1n) is 4.11. The fourth-order valence-electron chi connectivity index (χ4n) is 1.21. The minimum absolute atomic E-state index is 0.246. The molecule has 2 heteroatoms. The Morgan fingerprint density at radius 2 is 2.08 bits per heavy atom. The van der Waals surface area contributed by atoms with Gasteiger partial charge < -0.3 is 5.73 Å². The van der Waals surface area contributed by atoms with Gasteiger partial charge in [0.15, 0.2) is 0 Å². The van der Waals surface area contributed by atoms with Crippen LogP contribution in [0.25, 0.3) is 0 Å². The maximum atomic E-state index is 5.70. The SMILES string of the molecule is CC(N)Cc1cccc(CBr)c1. The Bertz CT molecular complexity index is 245. The monoisotopic (exact) mass is 227 g/mol. The van der Waals surface area contributed by atoms with Crippen molar-refractivity contribution in [2.45, 2.75) is 24.7 Å².